The van der Waals surface area contributed by atoms with Crippen molar-refractivity contribution < 1.29 is 4.79 Å². The molecule has 0 aliphatic rings. The van der Waals surface area contributed by atoms with E-state index in [1.165, 1.54) is 32.9 Å². The summed E-state index contributed by atoms with van der Waals surface area (Å²) in [6, 6.07) is 25.1. The van der Waals surface area contributed by atoms with Crippen LogP contribution in [0.4, 0.5) is 0 Å². The average Bonchev–Trinajstić information content (AvgIpc) is 3.16. The lowest BCUT2D eigenvalue weighted by atomic mass is 9.85. The molecular weight excluding hydrogens is 428 g/mol. The molecule has 0 fully saturated rings. The minimum Gasteiger partial charge on any atom is -0.309 e. The summed E-state index contributed by atoms with van der Waals surface area (Å²) in [5, 5.41) is 2.52. The first-order valence-corrected chi connectivity index (χ1v) is 12.2. The van der Waals surface area contributed by atoms with Crippen molar-refractivity contribution in [3.05, 3.63) is 107 Å². The second kappa shape index (κ2) is 8.20. The first kappa shape index (κ1) is 23.0. The minimum atomic E-state index is 0.00538. The van der Waals surface area contributed by atoms with Gasteiger partial charge in [-0.3, -0.25) is 9.78 Å². The number of carbonyl (C=O) groups is 1. The molecule has 3 aromatic carbocycles. The molecular formula is C32H32N2O. The molecule has 0 atom stereocenters. The lowest BCUT2D eigenvalue weighted by Gasteiger charge is -2.19. The molecule has 0 spiro atoms. The number of hydrogen-bond acceptors (Lipinski definition) is 2. The molecule has 0 saturated carbocycles. The fraction of sp³-hybridized carbons (Fsp3) is 0.250. The number of benzene rings is 3. The summed E-state index contributed by atoms with van der Waals surface area (Å²) in [4.78, 5) is 16.9. The van der Waals surface area contributed by atoms with Crippen molar-refractivity contribution in [2.24, 2.45) is 0 Å². The number of fused-ring (bicyclic) bond motifs is 3. The Labute approximate surface area is 207 Å². The quantitative estimate of drug-likeness (QED) is 0.256. The highest BCUT2D eigenvalue weighted by molar-refractivity contribution is 6.11. The van der Waals surface area contributed by atoms with Gasteiger partial charge in [0.15, 0.2) is 5.78 Å². The summed E-state index contributed by atoms with van der Waals surface area (Å²) in [7, 11) is 0. The van der Waals surface area contributed by atoms with Gasteiger partial charge in [0.05, 0.1) is 11.0 Å². The van der Waals surface area contributed by atoms with Gasteiger partial charge in [-0.05, 0) is 82.6 Å². The summed E-state index contributed by atoms with van der Waals surface area (Å²) in [6.45, 7) is 13.5. The monoisotopic (exact) mass is 460 g/mol. The molecule has 0 saturated heterocycles. The number of carbonyl (C=O) groups excluding carboxylic acids is 1. The molecule has 2 heterocycles. The Kier molecular flexibility index (Phi) is 5.40. The molecule has 3 nitrogen and oxygen atoms in total. The molecule has 5 aromatic rings. The predicted octanol–water partition coefficient (Wildman–Crippen LogP) is 8.00. The largest absolute Gasteiger partial charge is 0.309 e. The maximum Gasteiger partial charge on any atom is 0.193 e. The third kappa shape index (κ3) is 4.16. The summed E-state index contributed by atoms with van der Waals surface area (Å²) >= 11 is 0. The van der Waals surface area contributed by atoms with Crippen LogP contribution >= 0.6 is 0 Å². The van der Waals surface area contributed by atoms with E-state index >= 15 is 0 Å². The van der Waals surface area contributed by atoms with Crippen molar-refractivity contribution in [3.63, 3.8) is 0 Å². The van der Waals surface area contributed by atoms with Gasteiger partial charge in [-0.15, -0.1) is 0 Å². The van der Waals surface area contributed by atoms with Gasteiger partial charge in [-0.1, -0.05) is 53.7 Å². The molecule has 0 N–H and O–H groups in total. The number of rotatable bonds is 3. The van der Waals surface area contributed by atoms with Gasteiger partial charge in [0.25, 0.3) is 0 Å². The van der Waals surface area contributed by atoms with E-state index in [4.69, 9.17) is 0 Å². The van der Waals surface area contributed by atoms with E-state index in [9.17, 15) is 4.79 Å². The highest BCUT2D eigenvalue weighted by atomic mass is 16.1. The van der Waals surface area contributed by atoms with E-state index in [1.54, 1.807) is 24.5 Å². The van der Waals surface area contributed by atoms with Crippen molar-refractivity contribution in [3.8, 4) is 5.69 Å². The minimum absolute atomic E-state index is 0.00538. The van der Waals surface area contributed by atoms with E-state index in [2.05, 4.69) is 87.5 Å². The smallest absolute Gasteiger partial charge is 0.193 e. The van der Waals surface area contributed by atoms with Gasteiger partial charge in [-0.2, -0.15) is 0 Å². The molecule has 2 aromatic heterocycles. The Balaban J connectivity index is 1.70. The van der Waals surface area contributed by atoms with Crippen LogP contribution in [-0.2, 0) is 10.8 Å². The number of ketones is 1. The van der Waals surface area contributed by atoms with Gasteiger partial charge in [0.2, 0.25) is 0 Å². The Hall–Kier alpha value is -3.72. The topological polar surface area (TPSA) is 34.9 Å². The normalized spacial score (nSPS) is 12.4. The number of hydrogen-bond donors (Lipinski definition) is 0. The zero-order valence-corrected chi connectivity index (χ0v) is 21.4. The van der Waals surface area contributed by atoms with E-state index < -0.39 is 0 Å². The number of aromatic nitrogens is 2. The van der Waals surface area contributed by atoms with E-state index in [1.807, 2.05) is 24.3 Å². The van der Waals surface area contributed by atoms with Crippen LogP contribution in [0.25, 0.3) is 27.5 Å². The molecule has 5 rings (SSSR count). The maximum absolute atomic E-state index is 12.9. The van der Waals surface area contributed by atoms with E-state index in [-0.39, 0.29) is 16.6 Å². The van der Waals surface area contributed by atoms with Crippen LogP contribution in [0.5, 0.6) is 0 Å². The fourth-order valence-electron chi connectivity index (χ4n) is 4.67. The van der Waals surface area contributed by atoms with Crippen LogP contribution < -0.4 is 0 Å². The lowest BCUT2D eigenvalue weighted by molar-refractivity contribution is 0.103. The lowest BCUT2D eigenvalue weighted by Crippen LogP contribution is -2.10. The molecule has 0 bridgehead atoms. The maximum atomic E-state index is 12.9. The van der Waals surface area contributed by atoms with Crippen molar-refractivity contribution in [2.75, 3.05) is 0 Å². The third-order valence-corrected chi connectivity index (χ3v) is 6.83. The van der Waals surface area contributed by atoms with Crippen LogP contribution in [0.2, 0.25) is 0 Å². The van der Waals surface area contributed by atoms with Gasteiger partial charge >= 0.3 is 0 Å². The standard InChI is InChI=1S/C32H32N2O/c1-31(2,3)23-9-13-28-26(19-23)27-20-24(32(4,5)6)10-14-29(27)34(28)25-11-7-21(8-12-25)30(35)22-15-17-33-18-16-22/h7-20H,1-6H3. The zero-order chi connectivity index (χ0) is 25.0. The summed E-state index contributed by atoms with van der Waals surface area (Å²) in [5.74, 6) is 0.00538. The van der Waals surface area contributed by atoms with Crippen LogP contribution in [0.3, 0.4) is 0 Å². The fourth-order valence-corrected chi connectivity index (χ4v) is 4.67. The Morgan fingerprint density at radius 2 is 1.09 bits per heavy atom. The molecule has 0 unspecified atom stereocenters. The summed E-state index contributed by atoms with van der Waals surface area (Å²) < 4.78 is 2.31. The van der Waals surface area contributed by atoms with Gasteiger partial charge in [-0.25, -0.2) is 0 Å². The van der Waals surface area contributed by atoms with Crippen molar-refractivity contribution in [1.29, 1.82) is 0 Å². The number of pyridine rings is 1. The molecule has 0 radical (unpaired) electrons. The third-order valence-electron chi connectivity index (χ3n) is 6.83. The first-order valence-electron chi connectivity index (χ1n) is 12.2. The molecule has 176 valence electrons. The van der Waals surface area contributed by atoms with E-state index in [0.717, 1.165) is 5.69 Å². The Morgan fingerprint density at radius 3 is 1.54 bits per heavy atom. The SMILES string of the molecule is CC(C)(C)c1ccc2c(c1)c1cc(C(C)(C)C)ccc1n2-c1ccc(C(=O)c2ccncc2)cc1. The van der Waals surface area contributed by atoms with E-state index in [0.29, 0.717) is 11.1 Å². The van der Waals surface area contributed by atoms with Crippen LogP contribution in [0.15, 0.2) is 85.2 Å². The predicted molar refractivity (Wildman–Crippen MR) is 146 cm³/mol. The van der Waals surface area contributed by atoms with Crippen LogP contribution in [0, 0.1) is 0 Å². The Bertz CT molecular complexity index is 1470. The molecule has 0 aliphatic carbocycles. The van der Waals surface area contributed by atoms with Gasteiger partial charge in [0.1, 0.15) is 0 Å². The van der Waals surface area contributed by atoms with Crippen molar-refractivity contribution >= 4 is 27.6 Å². The van der Waals surface area contributed by atoms with Gasteiger partial charge < -0.3 is 4.57 Å². The van der Waals surface area contributed by atoms with Gasteiger partial charge in [0, 0.05) is 40.0 Å². The second-order valence-corrected chi connectivity index (χ2v) is 11.4. The second-order valence-electron chi connectivity index (χ2n) is 11.4. The highest BCUT2D eigenvalue weighted by Gasteiger charge is 2.21. The first-order chi connectivity index (χ1) is 16.5. The highest BCUT2D eigenvalue weighted by Crippen LogP contribution is 2.37. The van der Waals surface area contributed by atoms with Crippen molar-refractivity contribution in [1.82, 2.24) is 9.55 Å². The van der Waals surface area contributed by atoms with Crippen molar-refractivity contribution in [2.45, 2.75) is 52.4 Å². The van der Waals surface area contributed by atoms with Crippen LogP contribution in [-0.4, -0.2) is 15.3 Å². The summed E-state index contributed by atoms with van der Waals surface area (Å²) in [5.41, 5.74) is 7.49. The molecule has 0 aliphatic heterocycles. The number of nitrogens with zero attached hydrogens (tertiary/aromatic N) is 2. The zero-order valence-electron chi connectivity index (χ0n) is 21.4. The molecule has 3 heteroatoms. The molecule has 35 heavy (non-hydrogen) atoms. The molecule has 0 amide bonds. The summed E-state index contributed by atoms with van der Waals surface area (Å²) in [6.07, 6.45) is 3.30. The average molecular weight is 461 g/mol. The van der Waals surface area contributed by atoms with Crippen LogP contribution in [0.1, 0.15) is 68.6 Å². The Morgan fingerprint density at radius 1 is 0.629 bits per heavy atom.